The molecule has 23 heavy (non-hydrogen) atoms. The summed E-state index contributed by atoms with van der Waals surface area (Å²) >= 11 is 0. The lowest BCUT2D eigenvalue weighted by molar-refractivity contribution is -0.123. The summed E-state index contributed by atoms with van der Waals surface area (Å²) in [5.41, 5.74) is 0.752. The maximum atomic E-state index is 13.1. The molecule has 0 aromatic heterocycles. The first-order chi connectivity index (χ1) is 11.3. The number of rotatable bonds is 1. The molecular weight excluding hydrogens is 286 g/mol. The Labute approximate surface area is 135 Å². The summed E-state index contributed by atoms with van der Waals surface area (Å²) < 4.78 is 0. The Kier molecular flexibility index (Phi) is 2.15. The molecule has 6 rings (SSSR count). The van der Waals surface area contributed by atoms with Crippen LogP contribution in [0.5, 0.6) is 0 Å². The minimum Gasteiger partial charge on any atom is -0.274 e. The van der Waals surface area contributed by atoms with Gasteiger partial charge in [-0.15, -0.1) is 0 Å². The molecule has 8 atom stereocenters. The topological polar surface area (TPSA) is 37.4 Å². The summed E-state index contributed by atoms with van der Waals surface area (Å²) in [7, 11) is 0. The Morgan fingerprint density at radius 2 is 1.35 bits per heavy atom. The third-order valence-electron chi connectivity index (χ3n) is 7.45. The fourth-order valence-corrected chi connectivity index (χ4v) is 6.95. The standard InChI is InChI=1S/C20H19NO2/c22-19-17-13-9-14(16-11-7-6-10(8-11)15(13)16)18(17)20(23)21(19)12-4-2-1-3-5-12/h1-7,10-11,13-18H,8-9H2. The molecule has 5 aliphatic rings. The van der Waals surface area contributed by atoms with Crippen LogP contribution >= 0.6 is 0 Å². The minimum absolute atomic E-state index is 0.0401. The van der Waals surface area contributed by atoms with Crippen molar-refractivity contribution in [3.05, 3.63) is 42.5 Å². The van der Waals surface area contributed by atoms with E-state index in [0.717, 1.165) is 12.1 Å². The van der Waals surface area contributed by atoms with Crippen molar-refractivity contribution in [2.24, 2.45) is 47.3 Å². The number of allylic oxidation sites excluding steroid dienone is 2. The van der Waals surface area contributed by atoms with Gasteiger partial charge in [0.25, 0.3) is 0 Å². The Morgan fingerprint density at radius 1 is 0.783 bits per heavy atom. The first-order valence-electron chi connectivity index (χ1n) is 8.87. The molecule has 1 aromatic rings. The molecule has 0 radical (unpaired) electrons. The third kappa shape index (κ3) is 1.30. The first-order valence-corrected chi connectivity index (χ1v) is 8.87. The van der Waals surface area contributed by atoms with Crippen LogP contribution in [0.3, 0.4) is 0 Å². The fraction of sp³-hybridized carbons (Fsp3) is 0.500. The summed E-state index contributed by atoms with van der Waals surface area (Å²) in [6, 6.07) is 9.48. The van der Waals surface area contributed by atoms with Gasteiger partial charge in [0.1, 0.15) is 0 Å². The van der Waals surface area contributed by atoms with Crippen LogP contribution in [0, 0.1) is 47.3 Å². The van der Waals surface area contributed by atoms with E-state index >= 15 is 0 Å². The molecule has 1 aromatic carbocycles. The lowest BCUT2D eigenvalue weighted by Gasteiger charge is -2.36. The molecule has 0 N–H and O–H groups in total. The van der Waals surface area contributed by atoms with Gasteiger partial charge in [-0.25, -0.2) is 0 Å². The first kappa shape index (κ1) is 12.5. The lowest BCUT2D eigenvalue weighted by atomic mass is 9.65. The van der Waals surface area contributed by atoms with E-state index < -0.39 is 0 Å². The SMILES string of the molecule is O=C1C2C3CC(C2C(=O)N1c1ccccc1)C1C2C=CC(C2)C31. The van der Waals surface area contributed by atoms with E-state index in [1.165, 1.54) is 11.3 Å². The van der Waals surface area contributed by atoms with Gasteiger partial charge in [-0.2, -0.15) is 0 Å². The van der Waals surface area contributed by atoms with Crippen molar-refractivity contribution in [1.29, 1.82) is 0 Å². The van der Waals surface area contributed by atoms with E-state index in [2.05, 4.69) is 12.2 Å². The van der Waals surface area contributed by atoms with Crippen molar-refractivity contribution in [2.45, 2.75) is 12.8 Å². The largest absolute Gasteiger partial charge is 0.274 e. The highest BCUT2D eigenvalue weighted by Crippen LogP contribution is 2.70. The second-order valence-corrected chi connectivity index (χ2v) is 8.07. The molecule has 3 saturated carbocycles. The van der Waals surface area contributed by atoms with Gasteiger partial charge in [-0.3, -0.25) is 14.5 Å². The average Bonchev–Trinajstić information content (AvgIpc) is 3.33. The molecule has 1 aliphatic heterocycles. The maximum absolute atomic E-state index is 13.1. The predicted octanol–water partition coefficient (Wildman–Crippen LogP) is 2.88. The fourth-order valence-electron chi connectivity index (χ4n) is 6.95. The highest BCUT2D eigenvalue weighted by atomic mass is 16.2. The van der Waals surface area contributed by atoms with E-state index in [4.69, 9.17) is 0 Å². The number of hydrogen-bond donors (Lipinski definition) is 0. The number of hydrogen-bond acceptors (Lipinski definition) is 2. The lowest BCUT2D eigenvalue weighted by Crippen LogP contribution is -2.38. The van der Waals surface area contributed by atoms with Crippen LogP contribution in [-0.2, 0) is 9.59 Å². The van der Waals surface area contributed by atoms with Gasteiger partial charge < -0.3 is 0 Å². The third-order valence-corrected chi connectivity index (χ3v) is 7.45. The molecule has 4 fully saturated rings. The van der Waals surface area contributed by atoms with Gasteiger partial charge in [0.05, 0.1) is 17.5 Å². The number of carbonyl (C=O) groups excluding carboxylic acids is 2. The molecule has 1 saturated heterocycles. The van der Waals surface area contributed by atoms with Gasteiger partial charge in [0.2, 0.25) is 11.8 Å². The average molecular weight is 305 g/mol. The van der Waals surface area contributed by atoms with Crippen molar-refractivity contribution in [1.82, 2.24) is 0 Å². The highest BCUT2D eigenvalue weighted by molar-refractivity contribution is 6.22. The molecule has 4 aliphatic carbocycles. The van der Waals surface area contributed by atoms with Crippen LogP contribution in [0.25, 0.3) is 0 Å². The quantitative estimate of drug-likeness (QED) is 0.454. The molecule has 116 valence electrons. The Hall–Kier alpha value is -1.90. The van der Waals surface area contributed by atoms with Crippen LogP contribution in [0.1, 0.15) is 12.8 Å². The molecule has 0 spiro atoms. The van der Waals surface area contributed by atoms with Crippen LogP contribution in [-0.4, -0.2) is 11.8 Å². The van der Waals surface area contributed by atoms with Crippen molar-refractivity contribution >= 4 is 17.5 Å². The van der Waals surface area contributed by atoms with Gasteiger partial charge in [0.15, 0.2) is 0 Å². The van der Waals surface area contributed by atoms with Crippen LogP contribution in [0.2, 0.25) is 0 Å². The molecule has 4 bridgehead atoms. The number of fused-ring (bicyclic) bond motifs is 12. The molecule has 2 amide bonds. The monoisotopic (exact) mass is 305 g/mol. The molecule has 3 nitrogen and oxygen atoms in total. The predicted molar refractivity (Wildman–Crippen MR) is 85.2 cm³/mol. The number of benzene rings is 1. The van der Waals surface area contributed by atoms with Crippen LogP contribution in [0.4, 0.5) is 5.69 Å². The molecule has 1 heterocycles. The van der Waals surface area contributed by atoms with Crippen molar-refractivity contribution in [3.8, 4) is 0 Å². The molecule has 8 unspecified atom stereocenters. The van der Waals surface area contributed by atoms with Gasteiger partial charge in [-0.05, 0) is 60.5 Å². The van der Waals surface area contributed by atoms with Gasteiger partial charge in [0, 0.05) is 0 Å². The maximum Gasteiger partial charge on any atom is 0.237 e. The van der Waals surface area contributed by atoms with E-state index in [1.54, 1.807) is 0 Å². The van der Waals surface area contributed by atoms with Gasteiger partial charge >= 0.3 is 0 Å². The zero-order valence-electron chi connectivity index (χ0n) is 12.8. The van der Waals surface area contributed by atoms with E-state index in [-0.39, 0.29) is 23.7 Å². The number of imide groups is 1. The normalized spacial score (nSPS) is 48.4. The minimum atomic E-state index is -0.0401. The van der Waals surface area contributed by atoms with Crippen molar-refractivity contribution < 1.29 is 9.59 Å². The van der Waals surface area contributed by atoms with E-state index in [9.17, 15) is 9.59 Å². The summed E-state index contributed by atoms with van der Waals surface area (Å²) in [4.78, 5) is 27.6. The smallest absolute Gasteiger partial charge is 0.237 e. The van der Waals surface area contributed by atoms with Crippen LogP contribution < -0.4 is 4.90 Å². The summed E-state index contributed by atoms with van der Waals surface area (Å²) in [5.74, 6) is 3.65. The zero-order chi connectivity index (χ0) is 15.3. The number of carbonyl (C=O) groups is 2. The Morgan fingerprint density at radius 3 is 1.91 bits per heavy atom. The highest BCUT2D eigenvalue weighted by Gasteiger charge is 2.71. The summed E-state index contributed by atoms with van der Waals surface area (Å²) in [6.45, 7) is 0. The zero-order valence-corrected chi connectivity index (χ0v) is 12.8. The van der Waals surface area contributed by atoms with Crippen LogP contribution in [0.15, 0.2) is 42.5 Å². The number of amides is 2. The Balaban J connectivity index is 1.43. The summed E-state index contributed by atoms with van der Waals surface area (Å²) in [5, 5.41) is 0. The van der Waals surface area contributed by atoms with Crippen molar-refractivity contribution in [3.63, 3.8) is 0 Å². The number of anilines is 1. The second kappa shape index (κ2) is 3.95. The van der Waals surface area contributed by atoms with E-state index in [1.807, 2.05) is 30.3 Å². The van der Waals surface area contributed by atoms with Crippen molar-refractivity contribution in [2.75, 3.05) is 4.90 Å². The number of para-hydroxylation sites is 1. The Bertz CT molecular complexity index is 712. The van der Waals surface area contributed by atoms with E-state index in [0.29, 0.717) is 35.5 Å². The summed E-state index contributed by atoms with van der Waals surface area (Å²) in [6.07, 6.45) is 7.15. The number of nitrogens with zero attached hydrogens (tertiary/aromatic N) is 1. The molecule has 3 heteroatoms. The second-order valence-electron chi connectivity index (χ2n) is 8.07. The van der Waals surface area contributed by atoms with Gasteiger partial charge in [-0.1, -0.05) is 30.4 Å². The molecular formula is C20H19NO2.